The number of unbranched alkanes of at least 4 members (excludes halogenated alkanes) is 1. The molecule has 5 heteroatoms. The van der Waals surface area contributed by atoms with E-state index < -0.39 is 11.9 Å². The second kappa shape index (κ2) is 8.20. The zero-order valence-electron chi connectivity index (χ0n) is 12.4. The number of ether oxygens (including phenoxy) is 1. The van der Waals surface area contributed by atoms with Gasteiger partial charge in [0.1, 0.15) is 5.75 Å². The van der Waals surface area contributed by atoms with E-state index >= 15 is 0 Å². The molecule has 1 unspecified atom stereocenters. The van der Waals surface area contributed by atoms with Crippen LogP contribution in [0.15, 0.2) is 36.4 Å². The number of para-hydroxylation sites is 1. The monoisotopic (exact) mass is 338 g/mol. The topological polar surface area (TPSA) is 46.5 Å². The number of carboxylic acid groups (broad SMARTS) is 1. The summed E-state index contributed by atoms with van der Waals surface area (Å²) in [7, 11) is 0. The molecule has 0 radical (unpaired) electrons. The van der Waals surface area contributed by atoms with Crippen LogP contribution < -0.4 is 4.74 Å². The molecule has 0 spiro atoms. The Kier molecular flexibility index (Phi) is 6.28. The first kappa shape index (κ1) is 16.8. The third kappa shape index (κ3) is 4.49. The Labute approximate surface area is 139 Å². The average Bonchev–Trinajstić information content (AvgIpc) is 2.92. The second-order valence-electron chi connectivity index (χ2n) is 5.05. The van der Waals surface area contributed by atoms with Gasteiger partial charge in [-0.25, -0.2) is 0 Å². The van der Waals surface area contributed by atoms with Gasteiger partial charge >= 0.3 is 5.97 Å². The molecule has 1 heterocycles. The van der Waals surface area contributed by atoms with Crippen LogP contribution in [0.25, 0.3) is 0 Å². The summed E-state index contributed by atoms with van der Waals surface area (Å²) in [4.78, 5) is 12.4. The highest BCUT2D eigenvalue weighted by molar-refractivity contribution is 7.16. The van der Waals surface area contributed by atoms with Crippen molar-refractivity contribution in [3.05, 3.63) is 51.2 Å². The fourth-order valence-electron chi connectivity index (χ4n) is 2.18. The first-order chi connectivity index (χ1) is 10.6. The molecular weight excluding hydrogens is 320 g/mol. The molecular formula is C17H19ClO3S. The quantitative estimate of drug-likeness (QED) is 0.689. The molecule has 22 heavy (non-hydrogen) atoms. The molecule has 1 atom stereocenters. The lowest BCUT2D eigenvalue weighted by Crippen LogP contribution is -2.14. The van der Waals surface area contributed by atoms with Crippen molar-refractivity contribution in [3.63, 3.8) is 0 Å². The van der Waals surface area contributed by atoms with Gasteiger partial charge in [0.2, 0.25) is 0 Å². The average molecular weight is 339 g/mol. The summed E-state index contributed by atoms with van der Waals surface area (Å²) in [6.07, 6.45) is 2.44. The molecule has 0 saturated heterocycles. The predicted octanol–water partition coefficient (Wildman–Crippen LogP) is 4.99. The van der Waals surface area contributed by atoms with Crippen LogP contribution in [0.3, 0.4) is 0 Å². The second-order valence-corrected chi connectivity index (χ2v) is 6.79. The number of carbonyl (C=O) groups is 1. The van der Waals surface area contributed by atoms with E-state index in [2.05, 4.69) is 6.92 Å². The number of carboxylic acids is 1. The zero-order chi connectivity index (χ0) is 15.9. The number of hydrogen-bond acceptors (Lipinski definition) is 3. The van der Waals surface area contributed by atoms with Crippen molar-refractivity contribution in [2.24, 2.45) is 0 Å². The van der Waals surface area contributed by atoms with Crippen LogP contribution in [0, 0.1) is 0 Å². The lowest BCUT2D eigenvalue weighted by atomic mass is 9.97. The van der Waals surface area contributed by atoms with E-state index in [-0.39, 0.29) is 0 Å². The third-order valence-corrected chi connectivity index (χ3v) is 4.73. The Morgan fingerprint density at radius 1 is 1.32 bits per heavy atom. The molecule has 0 bridgehead atoms. The Bertz CT molecular complexity index is 624. The Balaban J connectivity index is 2.18. The molecule has 118 valence electrons. The largest absolute Gasteiger partial charge is 0.493 e. The van der Waals surface area contributed by atoms with Gasteiger partial charge in [0.25, 0.3) is 0 Å². The van der Waals surface area contributed by atoms with E-state index in [4.69, 9.17) is 16.3 Å². The highest BCUT2D eigenvalue weighted by Crippen LogP contribution is 2.33. The number of halogens is 1. The van der Waals surface area contributed by atoms with Gasteiger partial charge in [-0.1, -0.05) is 43.1 Å². The first-order valence-corrected chi connectivity index (χ1v) is 8.50. The van der Waals surface area contributed by atoms with E-state index in [1.54, 1.807) is 12.1 Å². The molecule has 2 aromatic rings. The molecule has 3 nitrogen and oxygen atoms in total. The summed E-state index contributed by atoms with van der Waals surface area (Å²) in [6.45, 7) is 2.76. The lowest BCUT2D eigenvalue weighted by molar-refractivity contribution is -0.138. The van der Waals surface area contributed by atoms with Crippen LogP contribution in [0.4, 0.5) is 0 Å². The van der Waals surface area contributed by atoms with Crippen molar-refractivity contribution in [3.8, 4) is 5.75 Å². The molecule has 0 aliphatic rings. The molecule has 1 N–H and O–H groups in total. The van der Waals surface area contributed by atoms with Crippen LogP contribution in [0.2, 0.25) is 4.34 Å². The SMILES string of the molecule is CCCCOc1ccccc1CC(C(=O)O)c1ccc(Cl)s1. The van der Waals surface area contributed by atoms with Gasteiger partial charge in [-0.15, -0.1) is 11.3 Å². The Hall–Kier alpha value is -1.52. The van der Waals surface area contributed by atoms with E-state index in [1.165, 1.54) is 11.3 Å². The van der Waals surface area contributed by atoms with Crippen molar-refractivity contribution in [1.82, 2.24) is 0 Å². The summed E-state index contributed by atoms with van der Waals surface area (Å²) in [5.74, 6) is -0.680. The summed E-state index contributed by atoms with van der Waals surface area (Å²) >= 11 is 7.24. The molecule has 1 aromatic heterocycles. The van der Waals surface area contributed by atoms with E-state index in [9.17, 15) is 9.90 Å². The van der Waals surface area contributed by atoms with E-state index in [0.29, 0.717) is 17.4 Å². The van der Waals surface area contributed by atoms with Gasteiger partial charge in [-0.2, -0.15) is 0 Å². The number of benzene rings is 1. The third-order valence-electron chi connectivity index (χ3n) is 3.39. The standard InChI is InChI=1S/C17H19ClO3S/c1-2-3-10-21-14-7-5-4-6-12(14)11-13(17(19)20)15-8-9-16(18)22-15/h4-9,13H,2-3,10-11H2,1H3,(H,19,20). The molecule has 0 amide bonds. The maximum Gasteiger partial charge on any atom is 0.312 e. The van der Waals surface area contributed by atoms with Gasteiger partial charge in [0, 0.05) is 4.88 Å². The van der Waals surface area contributed by atoms with Gasteiger partial charge in [-0.05, 0) is 36.6 Å². The van der Waals surface area contributed by atoms with Gasteiger partial charge in [-0.3, -0.25) is 4.79 Å². The normalized spacial score (nSPS) is 12.1. The Morgan fingerprint density at radius 3 is 2.73 bits per heavy atom. The lowest BCUT2D eigenvalue weighted by Gasteiger charge is -2.15. The van der Waals surface area contributed by atoms with Crippen molar-refractivity contribution in [2.45, 2.75) is 32.1 Å². The van der Waals surface area contributed by atoms with Crippen LogP contribution in [0.5, 0.6) is 5.75 Å². The van der Waals surface area contributed by atoms with Crippen molar-refractivity contribution in [1.29, 1.82) is 0 Å². The maximum absolute atomic E-state index is 11.6. The van der Waals surface area contributed by atoms with Gasteiger partial charge in [0.05, 0.1) is 16.9 Å². The summed E-state index contributed by atoms with van der Waals surface area (Å²) in [6, 6.07) is 11.1. The number of hydrogen-bond donors (Lipinski definition) is 1. The van der Waals surface area contributed by atoms with Gasteiger partial charge < -0.3 is 9.84 Å². The van der Waals surface area contributed by atoms with Crippen LogP contribution in [-0.2, 0) is 11.2 Å². The summed E-state index contributed by atoms with van der Waals surface area (Å²) in [5.41, 5.74) is 0.913. The first-order valence-electron chi connectivity index (χ1n) is 7.30. The Morgan fingerprint density at radius 2 is 2.09 bits per heavy atom. The minimum absolute atomic E-state index is 0.397. The van der Waals surface area contributed by atoms with Crippen LogP contribution in [0.1, 0.15) is 36.1 Å². The van der Waals surface area contributed by atoms with E-state index in [1.807, 2.05) is 24.3 Å². The molecule has 1 aromatic carbocycles. The molecule has 0 saturated carbocycles. The van der Waals surface area contributed by atoms with Crippen LogP contribution in [-0.4, -0.2) is 17.7 Å². The summed E-state index contributed by atoms with van der Waals surface area (Å²) < 4.78 is 6.39. The fourth-order valence-corrected chi connectivity index (χ4v) is 3.34. The van der Waals surface area contributed by atoms with Crippen molar-refractivity contribution >= 4 is 28.9 Å². The number of aliphatic carboxylic acids is 1. The zero-order valence-corrected chi connectivity index (χ0v) is 14.0. The minimum atomic E-state index is -0.845. The van der Waals surface area contributed by atoms with E-state index in [0.717, 1.165) is 29.0 Å². The minimum Gasteiger partial charge on any atom is -0.493 e. The smallest absolute Gasteiger partial charge is 0.312 e. The van der Waals surface area contributed by atoms with Gasteiger partial charge in [0.15, 0.2) is 0 Å². The maximum atomic E-state index is 11.6. The molecule has 2 rings (SSSR count). The summed E-state index contributed by atoms with van der Waals surface area (Å²) in [5, 5.41) is 9.53. The van der Waals surface area contributed by atoms with Crippen LogP contribution >= 0.6 is 22.9 Å². The number of rotatable bonds is 8. The highest BCUT2D eigenvalue weighted by Gasteiger charge is 2.23. The molecule has 0 fully saturated rings. The number of thiophene rings is 1. The highest BCUT2D eigenvalue weighted by atomic mass is 35.5. The fraction of sp³-hybridized carbons (Fsp3) is 0.353. The molecule has 0 aliphatic heterocycles. The van der Waals surface area contributed by atoms with Crippen molar-refractivity contribution < 1.29 is 14.6 Å². The predicted molar refractivity (Wildman–Crippen MR) is 90.3 cm³/mol. The molecule has 0 aliphatic carbocycles. The van der Waals surface area contributed by atoms with Crippen molar-refractivity contribution in [2.75, 3.05) is 6.61 Å².